The van der Waals surface area contributed by atoms with Gasteiger partial charge >= 0.3 is 0 Å². The van der Waals surface area contributed by atoms with Crippen LogP contribution in [0.15, 0.2) is 12.1 Å². The lowest BCUT2D eigenvalue weighted by atomic mass is 10.1. The number of pyridine rings is 1. The normalized spacial score (nSPS) is 10.5. The van der Waals surface area contributed by atoms with Crippen molar-refractivity contribution in [1.29, 1.82) is 0 Å². The molecular formula is C10H14ClNO. The number of nitrogens with zero attached hydrogens (tertiary/aromatic N) is 1. The summed E-state index contributed by atoms with van der Waals surface area (Å²) in [6.07, 6.45) is 0. The molecule has 0 aliphatic heterocycles. The quantitative estimate of drug-likeness (QED) is 0.699. The molecule has 0 fully saturated rings. The summed E-state index contributed by atoms with van der Waals surface area (Å²) in [5.74, 6) is 1.53. The Bertz CT molecular complexity index is 286. The summed E-state index contributed by atoms with van der Waals surface area (Å²) in [6.45, 7) is 4.19. The molecular weight excluding hydrogens is 186 g/mol. The molecule has 0 aliphatic rings. The van der Waals surface area contributed by atoms with Crippen molar-refractivity contribution >= 4 is 11.6 Å². The summed E-state index contributed by atoms with van der Waals surface area (Å²) < 4.78 is 5.05. The number of ether oxygens (including phenoxy) is 1. The summed E-state index contributed by atoms with van der Waals surface area (Å²) in [5, 5.41) is 0. The van der Waals surface area contributed by atoms with Gasteiger partial charge in [0.1, 0.15) is 0 Å². The van der Waals surface area contributed by atoms with Gasteiger partial charge < -0.3 is 4.74 Å². The molecule has 0 spiro atoms. The monoisotopic (exact) mass is 199 g/mol. The van der Waals surface area contributed by atoms with Gasteiger partial charge in [0, 0.05) is 11.9 Å². The number of methoxy groups -OCH3 is 1. The second-order valence-corrected chi connectivity index (χ2v) is 3.45. The lowest BCUT2D eigenvalue weighted by Crippen LogP contribution is -2.00. The van der Waals surface area contributed by atoms with E-state index in [0.29, 0.717) is 17.7 Å². The number of alkyl halides is 1. The van der Waals surface area contributed by atoms with E-state index in [4.69, 9.17) is 16.3 Å². The lowest BCUT2D eigenvalue weighted by Gasteiger charge is -2.10. The van der Waals surface area contributed by atoms with E-state index in [1.54, 1.807) is 7.11 Å². The summed E-state index contributed by atoms with van der Waals surface area (Å²) >= 11 is 5.79. The number of halogens is 1. The maximum absolute atomic E-state index is 5.79. The Morgan fingerprint density at radius 1 is 1.46 bits per heavy atom. The van der Waals surface area contributed by atoms with Crippen molar-refractivity contribution in [3.8, 4) is 5.88 Å². The number of aromatic nitrogens is 1. The van der Waals surface area contributed by atoms with Crippen LogP contribution in [0, 0.1) is 0 Å². The second kappa shape index (κ2) is 4.47. The first kappa shape index (κ1) is 10.3. The van der Waals surface area contributed by atoms with Crippen LogP contribution in [0.3, 0.4) is 0 Å². The van der Waals surface area contributed by atoms with Crippen LogP contribution in [-0.2, 0) is 5.88 Å². The molecule has 1 aromatic heterocycles. The predicted octanol–water partition coefficient (Wildman–Crippen LogP) is 2.95. The van der Waals surface area contributed by atoms with Crippen LogP contribution in [0.2, 0.25) is 0 Å². The summed E-state index contributed by atoms with van der Waals surface area (Å²) in [5.41, 5.74) is 2.10. The minimum Gasteiger partial charge on any atom is -0.481 e. The average molecular weight is 200 g/mol. The minimum absolute atomic E-state index is 0.379. The molecule has 1 rings (SSSR count). The van der Waals surface area contributed by atoms with Crippen LogP contribution < -0.4 is 4.74 Å². The molecule has 2 nitrogen and oxygen atoms in total. The Morgan fingerprint density at radius 2 is 2.15 bits per heavy atom. The Labute approximate surface area is 83.9 Å². The van der Waals surface area contributed by atoms with Crippen molar-refractivity contribution in [2.24, 2.45) is 0 Å². The summed E-state index contributed by atoms with van der Waals surface area (Å²) in [7, 11) is 1.62. The van der Waals surface area contributed by atoms with E-state index in [0.717, 1.165) is 11.3 Å². The Balaban J connectivity index is 3.10. The zero-order valence-corrected chi connectivity index (χ0v) is 8.93. The van der Waals surface area contributed by atoms with E-state index in [9.17, 15) is 0 Å². The molecule has 0 bridgehead atoms. The SMILES string of the molecule is COc1ccc(CCl)c(C(C)C)n1. The molecule has 0 amide bonds. The van der Waals surface area contributed by atoms with E-state index in [2.05, 4.69) is 18.8 Å². The van der Waals surface area contributed by atoms with Gasteiger partial charge in [0.2, 0.25) is 5.88 Å². The Morgan fingerprint density at radius 3 is 2.62 bits per heavy atom. The molecule has 13 heavy (non-hydrogen) atoms. The predicted molar refractivity (Wildman–Crippen MR) is 54.4 cm³/mol. The van der Waals surface area contributed by atoms with Crippen LogP contribution in [0.5, 0.6) is 5.88 Å². The molecule has 0 aliphatic carbocycles. The third-order valence-corrected chi connectivity index (χ3v) is 2.17. The van der Waals surface area contributed by atoms with E-state index >= 15 is 0 Å². The minimum atomic E-state index is 0.379. The van der Waals surface area contributed by atoms with Crippen molar-refractivity contribution in [2.45, 2.75) is 25.6 Å². The Hall–Kier alpha value is -0.760. The molecule has 0 radical (unpaired) electrons. The van der Waals surface area contributed by atoms with E-state index in [-0.39, 0.29) is 0 Å². The summed E-state index contributed by atoms with van der Waals surface area (Å²) in [6, 6.07) is 3.80. The first-order chi connectivity index (χ1) is 6.19. The molecule has 0 saturated carbocycles. The van der Waals surface area contributed by atoms with Gasteiger partial charge in [0.05, 0.1) is 12.8 Å². The van der Waals surface area contributed by atoms with Crippen LogP contribution in [-0.4, -0.2) is 12.1 Å². The van der Waals surface area contributed by atoms with Crippen molar-refractivity contribution in [3.05, 3.63) is 23.4 Å². The molecule has 72 valence electrons. The fourth-order valence-corrected chi connectivity index (χ4v) is 1.44. The fraction of sp³-hybridized carbons (Fsp3) is 0.500. The van der Waals surface area contributed by atoms with E-state index in [1.165, 1.54) is 0 Å². The maximum Gasteiger partial charge on any atom is 0.213 e. The van der Waals surface area contributed by atoms with Gasteiger partial charge in [-0.05, 0) is 11.5 Å². The summed E-state index contributed by atoms with van der Waals surface area (Å²) in [4.78, 5) is 4.35. The third-order valence-electron chi connectivity index (χ3n) is 1.89. The van der Waals surface area contributed by atoms with Crippen LogP contribution in [0.4, 0.5) is 0 Å². The van der Waals surface area contributed by atoms with Gasteiger partial charge in [-0.15, -0.1) is 11.6 Å². The average Bonchev–Trinajstić information content (AvgIpc) is 2.16. The maximum atomic E-state index is 5.79. The third kappa shape index (κ3) is 2.34. The van der Waals surface area contributed by atoms with Crippen molar-refractivity contribution in [2.75, 3.05) is 7.11 Å². The molecule has 1 heterocycles. The molecule has 0 unspecified atom stereocenters. The molecule has 0 aromatic carbocycles. The molecule has 0 saturated heterocycles. The van der Waals surface area contributed by atoms with Crippen molar-refractivity contribution in [3.63, 3.8) is 0 Å². The molecule has 0 atom stereocenters. The fourth-order valence-electron chi connectivity index (χ4n) is 1.21. The topological polar surface area (TPSA) is 22.1 Å². The highest BCUT2D eigenvalue weighted by Crippen LogP contribution is 2.21. The van der Waals surface area contributed by atoms with Gasteiger partial charge in [-0.25, -0.2) is 4.98 Å². The largest absolute Gasteiger partial charge is 0.481 e. The highest BCUT2D eigenvalue weighted by atomic mass is 35.5. The van der Waals surface area contributed by atoms with Crippen molar-refractivity contribution < 1.29 is 4.74 Å². The highest BCUT2D eigenvalue weighted by Gasteiger charge is 2.08. The van der Waals surface area contributed by atoms with Crippen LogP contribution in [0.25, 0.3) is 0 Å². The van der Waals surface area contributed by atoms with E-state index < -0.39 is 0 Å². The zero-order chi connectivity index (χ0) is 9.84. The Kier molecular flexibility index (Phi) is 3.55. The van der Waals surface area contributed by atoms with Gasteiger partial charge in [-0.2, -0.15) is 0 Å². The standard InChI is InChI=1S/C10H14ClNO/c1-7(2)10-8(6-11)4-5-9(12-10)13-3/h4-5,7H,6H2,1-3H3. The zero-order valence-electron chi connectivity index (χ0n) is 8.17. The van der Waals surface area contributed by atoms with Crippen LogP contribution >= 0.6 is 11.6 Å². The first-order valence-electron chi connectivity index (χ1n) is 4.28. The smallest absolute Gasteiger partial charge is 0.213 e. The van der Waals surface area contributed by atoms with Gasteiger partial charge in [0.15, 0.2) is 0 Å². The number of hydrogen-bond donors (Lipinski definition) is 0. The number of hydrogen-bond acceptors (Lipinski definition) is 2. The molecule has 1 aromatic rings. The van der Waals surface area contributed by atoms with E-state index in [1.807, 2.05) is 12.1 Å². The molecule has 0 N–H and O–H groups in total. The molecule has 3 heteroatoms. The lowest BCUT2D eigenvalue weighted by molar-refractivity contribution is 0.395. The first-order valence-corrected chi connectivity index (χ1v) is 4.82. The van der Waals surface area contributed by atoms with Gasteiger partial charge in [-0.1, -0.05) is 19.9 Å². The van der Waals surface area contributed by atoms with Crippen molar-refractivity contribution in [1.82, 2.24) is 4.98 Å². The highest BCUT2D eigenvalue weighted by molar-refractivity contribution is 6.17. The van der Waals surface area contributed by atoms with Gasteiger partial charge in [-0.3, -0.25) is 0 Å². The van der Waals surface area contributed by atoms with Crippen LogP contribution in [0.1, 0.15) is 31.0 Å². The number of rotatable bonds is 3. The van der Waals surface area contributed by atoms with Gasteiger partial charge in [0.25, 0.3) is 0 Å². The second-order valence-electron chi connectivity index (χ2n) is 3.19.